The Morgan fingerprint density at radius 2 is 2.12 bits per heavy atom. The Bertz CT molecular complexity index is 644. The van der Waals surface area contributed by atoms with Crippen molar-refractivity contribution >= 4 is 41.5 Å². The van der Waals surface area contributed by atoms with Crippen LogP contribution in [0.2, 0.25) is 5.02 Å². The molecule has 1 saturated heterocycles. The van der Waals surface area contributed by atoms with Crippen LogP contribution in [0.4, 0.5) is 0 Å². The van der Waals surface area contributed by atoms with Crippen LogP contribution < -0.4 is 10.1 Å². The van der Waals surface area contributed by atoms with E-state index in [1.54, 1.807) is 7.11 Å². The van der Waals surface area contributed by atoms with Gasteiger partial charge in [0.25, 0.3) is 0 Å². The van der Waals surface area contributed by atoms with Gasteiger partial charge in [0, 0.05) is 49.4 Å². The van der Waals surface area contributed by atoms with Crippen LogP contribution in [0, 0.1) is 0 Å². The summed E-state index contributed by atoms with van der Waals surface area (Å²) >= 11 is 6.04. The van der Waals surface area contributed by atoms with Gasteiger partial charge in [-0.25, -0.2) is 4.99 Å². The standard InChI is InChI=1S/C19H27ClN4O.HI/c1-3-21-19(22-13-15-6-7-16(20)12-18(15)25-2)24-11-8-17(14-24)23-9-4-5-10-23;/h4-7,12,17H,3,8-11,13-14H2,1-2H3,(H,21,22);1H. The smallest absolute Gasteiger partial charge is 0.194 e. The van der Waals surface area contributed by atoms with Crippen molar-refractivity contribution < 1.29 is 4.74 Å². The molecule has 5 nitrogen and oxygen atoms in total. The van der Waals surface area contributed by atoms with Gasteiger partial charge in [-0.1, -0.05) is 29.8 Å². The largest absolute Gasteiger partial charge is 0.496 e. The fourth-order valence-corrected chi connectivity index (χ4v) is 3.62. The molecule has 1 aromatic rings. The van der Waals surface area contributed by atoms with E-state index < -0.39 is 0 Å². The Kier molecular flexibility index (Phi) is 8.50. The topological polar surface area (TPSA) is 40.1 Å². The molecule has 0 bridgehead atoms. The van der Waals surface area contributed by atoms with E-state index in [1.807, 2.05) is 18.2 Å². The molecule has 2 aliphatic heterocycles. The molecule has 1 N–H and O–H groups in total. The summed E-state index contributed by atoms with van der Waals surface area (Å²) in [5, 5.41) is 4.11. The van der Waals surface area contributed by atoms with Crippen molar-refractivity contribution in [3.05, 3.63) is 40.9 Å². The highest BCUT2D eigenvalue weighted by Gasteiger charge is 2.29. The number of rotatable bonds is 5. The number of guanidine groups is 1. The molecule has 1 fully saturated rings. The maximum Gasteiger partial charge on any atom is 0.194 e. The lowest BCUT2D eigenvalue weighted by atomic mass is 10.2. The van der Waals surface area contributed by atoms with Gasteiger partial charge in [0.15, 0.2) is 5.96 Å². The highest BCUT2D eigenvalue weighted by Crippen LogP contribution is 2.24. The van der Waals surface area contributed by atoms with Gasteiger partial charge in [-0.05, 0) is 25.5 Å². The van der Waals surface area contributed by atoms with Gasteiger partial charge in [-0.3, -0.25) is 4.90 Å². The monoisotopic (exact) mass is 490 g/mol. The Balaban J connectivity index is 0.00000243. The van der Waals surface area contributed by atoms with Gasteiger partial charge >= 0.3 is 0 Å². The minimum atomic E-state index is 0. The van der Waals surface area contributed by atoms with E-state index in [0.29, 0.717) is 17.6 Å². The second kappa shape index (κ2) is 10.4. The first kappa shape index (κ1) is 21.3. The second-order valence-electron chi connectivity index (χ2n) is 6.44. The van der Waals surface area contributed by atoms with Crippen LogP contribution in [-0.2, 0) is 6.54 Å². The molecule has 0 aliphatic carbocycles. The normalized spacial score (nSPS) is 20.3. The van der Waals surface area contributed by atoms with Crippen LogP contribution in [0.3, 0.4) is 0 Å². The summed E-state index contributed by atoms with van der Waals surface area (Å²) in [7, 11) is 1.67. The van der Waals surface area contributed by atoms with E-state index in [1.165, 1.54) is 6.42 Å². The average molecular weight is 491 g/mol. The molecular weight excluding hydrogens is 463 g/mol. The molecule has 2 heterocycles. The highest BCUT2D eigenvalue weighted by atomic mass is 127. The lowest BCUT2D eigenvalue weighted by Crippen LogP contribution is -2.42. The number of benzene rings is 1. The summed E-state index contributed by atoms with van der Waals surface area (Å²) < 4.78 is 5.43. The van der Waals surface area contributed by atoms with E-state index in [0.717, 1.165) is 50.0 Å². The molecule has 0 spiro atoms. The summed E-state index contributed by atoms with van der Waals surface area (Å²) in [5.74, 6) is 1.77. The molecule has 3 rings (SSSR count). The quantitative estimate of drug-likeness (QED) is 0.297. The molecule has 1 aromatic carbocycles. The van der Waals surface area contributed by atoms with Gasteiger partial charge < -0.3 is 15.0 Å². The van der Waals surface area contributed by atoms with Crippen LogP contribution in [0.1, 0.15) is 18.9 Å². The van der Waals surface area contributed by atoms with Gasteiger partial charge in [0.1, 0.15) is 5.75 Å². The van der Waals surface area contributed by atoms with Crippen LogP contribution in [-0.4, -0.2) is 61.6 Å². The Morgan fingerprint density at radius 3 is 2.81 bits per heavy atom. The maximum absolute atomic E-state index is 6.04. The summed E-state index contributed by atoms with van der Waals surface area (Å²) in [6, 6.07) is 6.32. The number of hydrogen-bond acceptors (Lipinski definition) is 3. The Hall–Kier alpha value is -0.990. The maximum atomic E-state index is 6.04. The lowest BCUT2D eigenvalue weighted by molar-refractivity contribution is 0.259. The Morgan fingerprint density at radius 1 is 1.35 bits per heavy atom. The molecule has 26 heavy (non-hydrogen) atoms. The van der Waals surface area contributed by atoms with Gasteiger partial charge in [0.05, 0.1) is 13.7 Å². The molecule has 0 saturated carbocycles. The van der Waals surface area contributed by atoms with E-state index in [-0.39, 0.29) is 24.0 Å². The number of likely N-dealkylation sites (tertiary alicyclic amines) is 1. The second-order valence-corrected chi connectivity index (χ2v) is 6.88. The molecule has 0 amide bonds. The zero-order valence-electron chi connectivity index (χ0n) is 15.4. The van der Waals surface area contributed by atoms with Crippen LogP contribution >= 0.6 is 35.6 Å². The molecule has 0 aromatic heterocycles. The lowest BCUT2D eigenvalue weighted by Gasteiger charge is -2.25. The van der Waals surface area contributed by atoms with E-state index in [9.17, 15) is 0 Å². The van der Waals surface area contributed by atoms with Crippen molar-refractivity contribution in [1.82, 2.24) is 15.1 Å². The first-order chi connectivity index (χ1) is 12.2. The number of halogens is 2. The molecule has 1 atom stereocenters. The van der Waals surface area contributed by atoms with Crippen molar-refractivity contribution in [1.29, 1.82) is 0 Å². The molecule has 7 heteroatoms. The third kappa shape index (κ3) is 5.27. The number of hydrogen-bond donors (Lipinski definition) is 1. The minimum absolute atomic E-state index is 0. The third-order valence-corrected chi connectivity index (χ3v) is 5.04. The van der Waals surface area contributed by atoms with Crippen LogP contribution in [0.5, 0.6) is 5.75 Å². The number of methoxy groups -OCH3 is 1. The van der Waals surface area contributed by atoms with Crippen LogP contribution in [0.25, 0.3) is 0 Å². The molecular formula is C19H28ClIN4O. The van der Waals surface area contributed by atoms with Gasteiger partial charge in [-0.2, -0.15) is 0 Å². The summed E-state index contributed by atoms with van der Waals surface area (Å²) in [5.41, 5.74) is 1.04. The number of aliphatic imine (C=N–C) groups is 1. The van der Waals surface area contributed by atoms with E-state index in [4.69, 9.17) is 21.3 Å². The number of nitrogens with one attached hydrogen (secondary N) is 1. The first-order valence-corrected chi connectivity index (χ1v) is 9.33. The van der Waals surface area contributed by atoms with Crippen LogP contribution in [0.15, 0.2) is 35.3 Å². The van der Waals surface area contributed by atoms with Crippen molar-refractivity contribution in [2.45, 2.75) is 25.9 Å². The van der Waals surface area contributed by atoms with E-state index in [2.05, 4.69) is 34.2 Å². The average Bonchev–Trinajstić information content (AvgIpc) is 3.30. The zero-order valence-corrected chi connectivity index (χ0v) is 18.5. The number of ether oxygens (including phenoxy) is 1. The fourth-order valence-electron chi connectivity index (χ4n) is 3.46. The fraction of sp³-hybridized carbons (Fsp3) is 0.526. The molecule has 1 unspecified atom stereocenters. The number of nitrogens with zero attached hydrogens (tertiary/aromatic N) is 3. The highest BCUT2D eigenvalue weighted by molar-refractivity contribution is 14.0. The van der Waals surface area contributed by atoms with Crippen molar-refractivity contribution in [3.8, 4) is 5.75 Å². The van der Waals surface area contributed by atoms with Gasteiger partial charge in [0.2, 0.25) is 0 Å². The predicted octanol–water partition coefficient (Wildman–Crippen LogP) is 3.38. The molecule has 144 valence electrons. The van der Waals surface area contributed by atoms with Crippen molar-refractivity contribution in [2.75, 3.05) is 39.8 Å². The SMILES string of the molecule is CCNC(=NCc1ccc(Cl)cc1OC)N1CCC(N2CC=CC2)C1.I. The summed E-state index contributed by atoms with van der Waals surface area (Å²) in [4.78, 5) is 9.74. The van der Waals surface area contributed by atoms with Crippen molar-refractivity contribution in [3.63, 3.8) is 0 Å². The zero-order chi connectivity index (χ0) is 17.6. The molecule has 0 radical (unpaired) electrons. The van der Waals surface area contributed by atoms with Crippen molar-refractivity contribution in [2.24, 2.45) is 4.99 Å². The molecule has 2 aliphatic rings. The third-order valence-electron chi connectivity index (χ3n) is 4.81. The predicted molar refractivity (Wildman–Crippen MR) is 119 cm³/mol. The van der Waals surface area contributed by atoms with E-state index >= 15 is 0 Å². The summed E-state index contributed by atoms with van der Waals surface area (Å²) in [6.45, 7) is 7.78. The summed E-state index contributed by atoms with van der Waals surface area (Å²) in [6.07, 6.45) is 5.71. The minimum Gasteiger partial charge on any atom is -0.496 e. The first-order valence-electron chi connectivity index (χ1n) is 8.96. The Labute approximate surface area is 178 Å². The van der Waals surface area contributed by atoms with Gasteiger partial charge in [-0.15, -0.1) is 24.0 Å².